The number of nitrogens with one attached hydrogen (secondary N) is 1. The number of halogens is 1. The molecule has 7 rings (SSSR count). The van der Waals surface area contributed by atoms with Crippen LogP contribution in [-0.4, -0.2) is 98.9 Å². The van der Waals surface area contributed by atoms with Crippen LogP contribution < -0.4 is 17.0 Å². The summed E-state index contributed by atoms with van der Waals surface area (Å²) in [5.74, 6) is -0.138. The zero-order valence-corrected chi connectivity index (χ0v) is 21.5. The fraction of sp³-hybridized carbons (Fsp3) is 0.500. The van der Waals surface area contributed by atoms with Crippen molar-refractivity contribution in [2.24, 2.45) is 0 Å². The molecule has 9 atom stereocenters. The molecule has 3 aliphatic rings. The second-order valence-corrected chi connectivity index (χ2v) is 11.0. The molecule has 0 spiro atoms. The van der Waals surface area contributed by atoms with Gasteiger partial charge in [0.2, 0.25) is 5.95 Å². The number of aromatic amines is 1. The van der Waals surface area contributed by atoms with E-state index in [0.717, 1.165) is 0 Å². The van der Waals surface area contributed by atoms with Gasteiger partial charge in [-0.1, -0.05) is 0 Å². The predicted molar refractivity (Wildman–Crippen MR) is 131 cm³/mol. The summed E-state index contributed by atoms with van der Waals surface area (Å²) in [4.78, 5) is 45.2. The second-order valence-electron chi connectivity index (χ2n) is 9.56. The third-order valence-electron chi connectivity index (χ3n) is 7.08. The van der Waals surface area contributed by atoms with E-state index in [2.05, 4.69) is 29.9 Å². The summed E-state index contributed by atoms with van der Waals surface area (Å²) in [6.07, 6.45) is -7.65. The number of phosphoric acid groups is 1. The Hall–Kier alpha value is -3.62. The Labute approximate surface area is 226 Å². The summed E-state index contributed by atoms with van der Waals surface area (Å²) in [6, 6.07) is 0. The van der Waals surface area contributed by atoms with Crippen LogP contribution in [0.4, 0.5) is 16.2 Å². The number of imidazole rings is 2. The number of aliphatic hydroxyl groups is 1. The largest absolute Gasteiger partial charge is 0.472 e. The molecule has 0 amide bonds. The molecule has 7 N–H and O–H groups in total. The SMILES string of the molecule is Nc1nc2c(ncn2C2OC3COC4C(COP(=O)(O)OC2C3O)OC(n2cnc3c(N)ncnc32)C4F)c(=O)[nH]1. The van der Waals surface area contributed by atoms with E-state index in [1.807, 2.05) is 0 Å². The summed E-state index contributed by atoms with van der Waals surface area (Å²) < 4.78 is 59.5. The normalized spacial score (nSPS) is 36.0. The maximum Gasteiger partial charge on any atom is 0.472 e. The van der Waals surface area contributed by atoms with Crippen LogP contribution in [0, 0.1) is 0 Å². The molecule has 0 aliphatic carbocycles. The number of aliphatic hydroxyl groups excluding tert-OH is 1. The first-order valence-corrected chi connectivity index (χ1v) is 13.7. The Morgan fingerprint density at radius 1 is 1.00 bits per heavy atom. The molecule has 3 fully saturated rings. The molecule has 218 valence electrons. The zero-order valence-electron chi connectivity index (χ0n) is 20.6. The summed E-state index contributed by atoms with van der Waals surface area (Å²) in [5.41, 5.74) is 11.2. The van der Waals surface area contributed by atoms with Crippen LogP contribution in [0.5, 0.6) is 0 Å². The van der Waals surface area contributed by atoms with Gasteiger partial charge in [0.05, 0.1) is 25.9 Å². The van der Waals surface area contributed by atoms with Crippen molar-refractivity contribution in [1.82, 2.24) is 39.0 Å². The average Bonchev–Trinajstić information content (AvgIpc) is 3.67. The molecule has 3 aliphatic heterocycles. The van der Waals surface area contributed by atoms with E-state index >= 15 is 4.39 Å². The standard InChI is InChI=1S/C20H22FN10O9P/c21-8-12-7(39-18(8)30-4-26-9-14(22)24-3-25-15(9)30)2-37-41(34,35)40-13-11(32)6(1-36-12)38-19(13)31-5-27-10-16(31)28-20(23)29-17(10)33/h3-8,11-13,18-19,32H,1-2H2,(H,34,35)(H2,22,24,25)(H3,23,28,29,33). The zero-order chi connectivity index (χ0) is 28.6. The fourth-order valence-corrected chi connectivity index (χ4v) is 6.12. The Morgan fingerprint density at radius 2 is 1.73 bits per heavy atom. The molecule has 0 radical (unpaired) electrons. The number of fused-ring (bicyclic) bond motifs is 5. The van der Waals surface area contributed by atoms with Gasteiger partial charge in [-0.25, -0.2) is 28.9 Å². The maximum absolute atomic E-state index is 15.9. The van der Waals surface area contributed by atoms with Gasteiger partial charge in [-0.05, 0) is 0 Å². The van der Waals surface area contributed by atoms with E-state index in [1.54, 1.807) is 0 Å². The minimum Gasteiger partial charge on any atom is -0.387 e. The maximum atomic E-state index is 15.9. The summed E-state index contributed by atoms with van der Waals surface area (Å²) in [5, 5.41) is 11.0. The first-order chi connectivity index (χ1) is 19.6. The second kappa shape index (κ2) is 9.46. The van der Waals surface area contributed by atoms with Gasteiger partial charge in [-0.3, -0.25) is 28.0 Å². The van der Waals surface area contributed by atoms with Crippen LogP contribution in [0.25, 0.3) is 22.3 Å². The Kier molecular flexibility index (Phi) is 6.07. The van der Waals surface area contributed by atoms with E-state index in [0.29, 0.717) is 0 Å². The first-order valence-electron chi connectivity index (χ1n) is 12.2. The third-order valence-corrected chi connectivity index (χ3v) is 8.06. The molecule has 0 saturated carbocycles. The van der Waals surface area contributed by atoms with E-state index in [9.17, 15) is 19.4 Å². The van der Waals surface area contributed by atoms with Crippen LogP contribution in [0.3, 0.4) is 0 Å². The smallest absolute Gasteiger partial charge is 0.387 e. The van der Waals surface area contributed by atoms with Crippen molar-refractivity contribution in [3.8, 4) is 0 Å². The van der Waals surface area contributed by atoms with Gasteiger partial charge in [-0.2, -0.15) is 4.98 Å². The molecule has 21 heteroatoms. The molecule has 3 saturated heterocycles. The van der Waals surface area contributed by atoms with Crippen LogP contribution in [0.15, 0.2) is 23.8 Å². The first kappa shape index (κ1) is 26.3. The number of hydrogen-bond donors (Lipinski definition) is 5. The van der Waals surface area contributed by atoms with Gasteiger partial charge >= 0.3 is 7.82 Å². The van der Waals surface area contributed by atoms with Crippen LogP contribution >= 0.6 is 7.82 Å². The average molecular weight is 596 g/mol. The minimum atomic E-state index is -4.92. The Bertz CT molecular complexity index is 1750. The van der Waals surface area contributed by atoms with Crippen LogP contribution in [0.2, 0.25) is 0 Å². The van der Waals surface area contributed by atoms with Crippen molar-refractivity contribution in [3.05, 3.63) is 29.3 Å². The number of ether oxygens (including phenoxy) is 3. The number of alkyl halides is 1. The lowest BCUT2D eigenvalue weighted by Crippen LogP contribution is -2.39. The number of aromatic nitrogens is 8. The van der Waals surface area contributed by atoms with Gasteiger partial charge < -0.3 is 35.7 Å². The number of anilines is 2. The van der Waals surface area contributed by atoms with E-state index in [4.69, 9.17) is 34.7 Å². The fourth-order valence-electron chi connectivity index (χ4n) is 5.19. The van der Waals surface area contributed by atoms with E-state index < -0.39 is 69.1 Å². The molecule has 41 heavy (non-hydrogen) atoms. The topological polar surface area (TPSA) is 263 Å². The molecule has 4 aromatic heterocycles. The number of nitrogens with two attached hydrogens (primary N) is 2. The highest BCUT2D eigenvalue weighted by Gasteiger charge is 2.53. The van der Waals surface area contributed by atoms with Gasteiger partial charge in [-0.15, -0.1) is 0 Å². The van der Waals surface area contributed by atoms with Crippen molar-refractivity contribution in [1.29, 1.82) is 0 Å². The highest BCUT2D eigenvalue weighted by molar-refractivity contribution is 7.47. The predicted octanol–water partition coefficient (Wildman–Crippen LogP) is -1.48. The number of hydrogen-bond acceptors (Lipinski definition) is 15. The van der Waals surface area contributed by atoms with E-state index in [-0.39, 0.29) is 40.7 Å². The van der Waals surface area contributed by atoms with Crippen molar-refractivity contribution in [2.75, 3.05) is 24.7 Å². The van der Waals surface area contributed by atoms with Gasteiger partial charge in [0.25, 0.3) is 5.56 Å². The summed E-state index contributed by atoms with van der Waals surface area (Å²) >= 11 is 0. The molecule has 2 bridgehead atoms. The summed E-state index contributed by atoms with van der Waals surface area (Å²) in [6.45, 7) is -0.993. The molecule has 4 aromatic rings. The highest BCUT2D eigenvalue weighted by atomic mass is 31.2. The highest BCUT2D eigenvalue weighted by Crippen LogP contribution is 2.51. The van der Waals surface area contributed by atoms with Gasteiger partial charge in [0.15, 0.2) is 41.3 Å². The summed E-state index contributed by atoms with van der Waals surface area (Å²) in [7, 11) is -4.92. The van der Waals surface area contributed by atoms with E-state index in [1.165, 1.54) is 28.1 Å². The van der Waals surface area contributed by atoms with Crippen molar-refractivity contribution in [3.63, 3.8) is 0 Å². The number of H-pyrrole nitrogens is 1. The van der Waals surface area contributed by atoms with Crippen molar-refractivity contribution < 1.29 is 42.2 Å². The number of nitrogens with zero attached hydrogens (tertiary/aromatic N) is 7. The van der Waals surface area contributed by atoms with Crippen LogP contribution in [-0.2, 0) is 27.8 Å². The quantitative estimate of drug-likeness (QED) is 0.165. The number of rotatable bonds is 2. The molecular formula is C20H22FN10O9P. The Morgan fingerprint density at radius 3 is 2.54 bits per heavy atom. The minimum absolute atomic E-state index is 0.0349. The molecule has 19 nitrogen and oxygen atoms in total. The van der Waals surface area contributed by atoms with Crippen LogP contribution in [0.1, 0.15) is 12.5 Å². The van der Waals surface area contributed by atoms with Gasteiger partial charge in [0.1, 0.15) is 42.4 Å². The molecule has 0 aromatic carbocycles. The monoisotopic (exact) mass is 596 g/mol. The third kappa shape index (κ3) is 4.27. The van der Waals surface area contributed by atoms with Crippen molar-refractivity contribution in [2.45, 2.75) is 49.1 Å². The molecule has 7 heterocycles. The Balaban J connectivity index is 1.20. The van der Waals surface area contributed by atoms with Gasteiger partial charge in [0, 0.05) is 0 Å². The lowest BCUT2D eigenvalue weighted by atomic mass is 10.1. The number of nitrogen functional groups attached to an aromatic ring is 2. The lowest BCUT2D eigenvalue weighted by molar-refractivity contribution is -0.108. The molecule has 9 unspecified atom stereocenters. The lowest BCUT2D eigenvalue weighted by Gasteiger charge is -2.25. The number of phosphoric ester groups is 1. The van der Waals surface area contributed by atoms with Crippen molar-refractivity contribution >= 4 is 41.9 Å². The molecular weight excluding hydrogens is 574 g/mol.